The van der Waals surface area contributed by atoms with Crippen molar-refractivity contribution in [2.45, 2.75) is 13.8 Å². The molecule has 1 aromatic carbocycles. The van der Waals surface area contributed by atoms with Gasteiger partial charge in [-0.15, -0.1) is 0 Å². The van der Waals surface area contributed by atoms with Gasteiger partial charge >= 0.3 is 0 Å². The molecule has 1 amide bonds. The number of carbonyl (C=O) groups is 1. The van der Waals surface area contributed by atoms with E-state index in [0.29, 0.717) is 16.3 Å². The maximum Gasteiger partial charge on any atom is 0.257 e. The molecule has 0 aliphatic carbocycles. The number of benzene rings is 1. The Balaban J connectivity index is 1.91. The van der Waals surface area contributed by atoms with E-state index in [1.165, 1.54) is 11.3 Å². The van der Waals surface area contributed by atoms with Crippen molar-refractivity contribution >= 4 is 48.7 Å². The van der Waals surface area contributed by atoms with Gasteiger partial charge in [0.15, 0.2) is 10.8 Å². The normalized spacial score (nSPS) is 10.8. The highest BCUT2D eigenvalue weighted by molar-refractivity contribution is 9.10. The minimum Gasteiger partial charge on any atom is -0.298 e. The van der Waals surface area contributed by atoms with Gasteiger partial charge in [0.2, 0.25) is 0 Å². The quantitative estimate of drug-likeness (QED) is 0.739. The lowest BCUT2D eigenvalue weighted by molar-refractivity contribution is 0.102. The van der Waals surface area contributed by atoms with Crippen LogP contribution in [0.4, 0.5) is 5.13 Å². The van der Waals surface area contributed by atoms with Gasteiger partial charge in [0.1, 0.15) is 0 Å². The van der Waals surface area contributed by atoms with E-state index in [2.05, 4.69) is 31.2 Å². The number of aromatic nitrogens is 2. The van der Waals surface area contributed by atoms with Crippen LogP contribution in [-0.2, 0) is 0 Å². The summed E-state index contributed by atoms with van der Waals surface area (Å²) in [6.45, 7) is 3.96. The predicted molar refractivity (Wildman–Crippen MR) is 89.0 cm³/mol. The zero-order valence-electron chi connectivity index (χ0n) is 11.5. The Hall–Kier alpha value is -1.79. The fourth-order valence-electron chi connectivity index (χ4n) is 2.08. The van der Waals surface area contributed by atoms with Crippen LogP contribution >= 0.6 is 27.3 Å². The molecule has 106 valence electrons. The molecule has 0 radical (unpaired) electrons. The Kier molecular flexibility index (Phi) is 3.73. The van der Waals surface area contributed by atoms with Gasteiger partial charge in [0.05, 0.1) is 4.70 Å². The van der Waals surface area contributed by atoms with Crippen molar-refractivity contribution in [3.8, 4) is 0 Å². The van der Waals surface area contributed by atoms with E-state index in [9.17, 15) is 4.79 Å². The first-order valence-corrected chi connectivity index (χ1v) is 7.95. The number of nitrogens with one attached hydrogen (secondary N) is 1. The third-order valence-electron chi connectivity index (χ3n) is 2.98. The third-order valence-corrected chi connectivity index (χ3v) is 4.57. The standard InChI is InChI=1S/C15H12BrN3OS/c1-8-6-9(2)17-13-12(8)21-15(18-13)19-14(20)10-4-3-5-11(16)7-10/h3-7H,1-2H3,(H,17,18,19,20). The number of amides is 1. The summed E-state index contributed by atoms with van der Waals surface area (Å²) in [7, 11) is 0. The number of fused-ring (bicyclic) bond motifs is 1. The highest BCUT2D eigenvalue weighted by Gasteiger charge is 2.12. The van der Waals surface area contributed by atoms with Gasteiger partial charge < -0.3 is 0 Å². The first-order valence-electron chi connectivity index (χ1n) is 6.34. The van der Waals surface area contributed by atoms with E-state index in [0.717, 1.165) is 20.4 Å². The summed E-state index contributed by atoms with van der Waals surface area (Å²) < 4.78 is 1.87. The second-order valence-corrected chi connectivity index (χ2v) is 6.63. The molecule has 0 saturated heterocycles. The molecule has 3 rings (SSSR count). The van der Waals surface area contributed by atoms with Gasteiger partial charge in [-0.3, -0.25) is 10.1 Å². The number of nitrogens with zero attached hydrogens (tertiary/aromatic N) is 2. The first-order chi connectivity index (χ1) is 10.0. The van der Waals surface area contributed by atoms with Crippen LogP contribution in [0.5, 0.6) is 0 Å². The average Bonchev–Trinajstić information content (AvgIpc) is 2.81. The summed E-state index contributed by atoms with van der Waals surface area (Å²) in [4.78, 5) is 21.0. The number of pyridine rings is 1. The van der Waals surface area contributed by atoms with Crippen LogP contribution in [0.25, 0.3) is 10.3 Å². The highest BCUT2D eigenvalue weighted by atomic mass is 79.9. The van der Waals surface area contributed by atoms with Gasteiger partial charge in [-0.1, -0.05) is 33.3 Å². The van der Waals surface area contributed by atoms with Crippen LogP contribution in [-0.4, -0.2) is 15.9 Å². The van der Waals surface area contributed by atoms with Crippen molar-refractivity contribution in [2.24, 2.45) is 0 Å². The van der Waals surface area contributed by atoms with E-state index >= 15 is 0 Å². The lowest BCUT2D eigenvalue weighted by Gasteiger charge is -2.01. The molecule has 0 aliphatic heterocycles. The number of hydrogen-bond donors (Lipinski definition) is 1. The number of hydrogen-bond acceptors (Lipinski definition) is 4. The lowest BCUT2D eigenvalue weighted by atomic mass is 10.2. The topological polar surface area (TPSA) is 54.9 Å². The molecule has 0 saturated carbocycles. The van der Waals surface area contributed by atoms with Gasteiger partial charge in [0, 0.05) is 15.7 Å². The Bertz CT molecular complexity index is 844. The van der Waals surface area contributed by atoms with Gasteiger partial charge in [-0.05, 0) is 43.7 Å². The molecule has 2 aromatic heterocycles. The first kappa shape index (κ1) is 14.2. The maximum atomic E-state index is 12.2. The van der Waals surface area contributed by atoms with E-state index in [1.54, 1.807) is 12.1 Å². The Morgan fingerprint density at radius 3 is 2.81 bits per heavy atom. The van der Waals surface area contributed by atoms with Crippen LogP contribution in [0.3, 0.4) is 0 Å². The molecule has 0 spiro atoms. The molecule has 0 atom stereocenters. The van der Waals surface area contributed by atoms with Crippen molar-refractivity contribution in [3.05, 3.63) is 51.6 Å². The van der Waals surface area contributed by atoms with E-state index in [1.807, 2.05) is 32.0 Å². The minimum atomic E-state index is -0.176. The lowest BCUT2D eigenvalue weighted by Crippen LogP contribution is -2.11. The maximum absolute atomic E-state index is 12.2. The van der Waals surface area contributed by atoms with Gasteiger partial charge in [-0.25, -0.2) is 4.98 Å². The van der Waals surface area contributed by atoms with Gasteiger partial charge in [0.25, 0.3) is 5.91 Å². The summed E-state index contributed by atoms with van der Waals surface area (Å²) in [5.74, 6) is -0.176. The van der Waals surface area contributed by atoms with Crippen LogP contribution in [0.2, 0.25) is 0 Å². The molecule has 0 fully saturated rings. The van der Waals surface area contributed by atoms with E-state index in [-0.39, 0.29) is 5.91 Å². The molecule has 3 aromatic rings. The number of rotatable bonds is 2. The smallest absolute Gasteiger partial charge is 0.257 e. The molecule has 2 heterocycles. The molecule has 0 aliphatic rings. The highest BCUT2D eigenvalue weighted by Crippen LogP contribution is 2.28. The van der Waals surface area contributed by atoms with Gasteiger partial charge in [-0.2, -0.15) is 4.98 Å². The van der Waals surface area contributed by atoms with Crippen molar-refractivity contribution in [3.63, 3.8) is 0 Å². The summed E-state index contributed by atoms with van der Waals surface area (Å²) in [5.41, 5.74) is 3.32. The van der Waals surface area contributed by atoms with Crippen LogP contribution < -0.4 is 5.32 Å². The number of aryl methyl sites for hydroxylation is 2. The molecule has 21 heavy (non-hydrogen) atoms. The second kappa shape index (κ2) is 5.54. The zero-order chi connectivity index (χ0) is 15.0. The van der Waals surface area contributed by atoms with Crippen molar-refractivity contribution in [1.82, 2.24) is 9.97 Å². The van der Waals surface area contributed by atoms with E-state index < -0.39 is 0 Å². The Morgan fingerprint density at radius 2 is 2.05 bits per heavy atom. The summed E-state index contributed by atoms with van der Waals surface area (Å²) in [5, 5.41) is 3.40. The number of thiazole rings is 1. The van der Waals surface area contributed by atoms with Crippen molar-refractivity contribution in [1.29, 1.82) is 0 Å². The molecule has 6 heteroatoms. The zero-order valence-corrected chi connectivity index (χ0v) is 13.9. The van der Waals surface area contributed by atoms with Crippen molar-refractivity contribution < 1.29 is 4.79 Å². The minimum absolute atomic E-state index is 0.176. The van der Waals surface area contributed by atoms with Crippen molar-refractivity contribution in [2.75, 3.05) is 5.32 Å². The van der Waals surface area contributed by atoms with Crippen LogP contribution in [0, 0.1) is 13.8 Å². The third kappa shape index (κ3) is 2.96. The largest absolute Gasteiger partial charge is 0.298 e. The number of halogens is 1. The summed E-state index contributed by atoms with van der Waals surface area (Å²) >= 11 is 4.80. The molecule has 1 N–H and O–H groups in total. The monoisotopic (exact) mass is 361 g/mol. The van der Waals surface area contributed by atoms with E-state index in [4.69, 9.17) is 0 Å². The SMILES string of the molecule is Cc1cc(C)c2sc(NC(=O)c3cccc(Br)c3)nc2n1. The summed E-state index contributed by atoms with van der Waals surface area (Å²) in [6.07, 6.45) is 0. The Morgan fingerprint density at radius 1 is 1.24 bits per heavy atom. The fraction of sp³-hybridized carbons (Fsp3) is 0.133. The average molecular weight is 362 g/mol. The summed E-state index contributed by atoms with van der Waals surface area (Å²) in [6, 6.07) is 9.26. The second-order valence-electron chi connectivity index (χ2n) is 4.72. The number of anilines is 1. The van der Waals surface area contributed by atoms with Crippen LogP contribution in [0.1, 0.15) is 21.6 Å². The molecule has 4 nitrogen and oxygen atoms in total. The fourth-order valence-corrected chi connectivity index (χ4v) is 3.35. The predicted octanol–water partition coefficient (Wildman–Crippen LogP) is 4.32. The van der Waals surface area contributed by atoms with Crippen LogP contribution in [0.15, 0.2) is 34.8 Å². The Labute approximate surface area is 134 Å². The number of carbonyl (C=O) groups excluding carboxylic acids is 1. The molecule has 0 bridgehead atoms. The molecular weight excluding hydrogens is 350 g/mol. The molecule has 0 unspecified atom stereocenters. The molecular formula is C15H12BrN3OS.